The highest BCUT2D eigenvalue weighted by Gasteiger charge is 1.88. The fraction of sp³-hybridized carbons (Fsp3) is 0.800. The number of carboxylic acids is 1. The average Bonchev–Trinajstić information content (AvgIpc) is 1.35. The highest BCUT2D eigenvalue weighted by molar-refractivity contribution is 6.38. The largest absolute Gasteiger partial charge is 0.481 e. The lowest BCUT2D eigenvalue weighted by atomic mass is 10.8. The van der Waals surface area contributed by atoms with Crippen LogP contribution in [-0.2, 0) is 4.79 Å². The van der Waals surface area contributed by atoms with Crippen molar-refractivity contribution in [2.75, 3.05) is 0 Å². The molecule has 0 bridgehead atoms. The molecule has 0 unspecified atom stereocenters. The van der Waals surface area contributed by atoms with Crippen LogP contribution in [0.5, 0.6) is 0 Å². The average molecular weight is 136 g/mol. The van der Waals surface area contributed by atoms with Gasteiger partial charge in [0, 0.05) is 15.6 Å². The molecule has 0 amide bonds. The molecule has 0 aliphatic carbocycles. The molecule has 0 aromatic heterocycles. The van der Waals surface area contributed by atoms with Crippen LogP contribution in [0.4, 0.5) is 0 Å². The predicted octanol–water partition coefficient (Wildman–Crippen LogP) is 0.978. The van der Waals surface area contributed by atoms with E-state index in [9.17, 15) is 4.79 Å². The monoisotopic (exact) mass is 136 g/mol. The summed E-state index contributed by atoms with van der Waals surface area (Å²) in [5.74, 6) is -0.649. The first kappa shape index (κ1) is 15.6. The van der Waals surface area contributed by atoms with Gasteiger partial charge in [0.05, 0.1) is 0 Å². The van der Waals surface area contributed by atoms with Crippen LogP contribution in [-0.4, -0.2) is 20.6 Å². The van der Waals surface area contributed by atoms with Gasteiger partial charge in [0.25, 0.3) is 5.97 Å². The van der Waals surface area contributed by atoms with E-state index in [4.69, 9.17) is 5.11 Å². The zero-order valence-electron chi connectivity index (χ0n) is 3.77. The van der Waals surface area contributed by atoms with Gasteiger partial charge in [-0.05, 0) is 0 Å². The smallest absolute Gasteiger partial charge is 0.300 e. The molecule has 3 heteroatoms. The van der Waals surface area contributed by atoms with Crippen LogP contribution < -0.4 is 0 Å². The van der Waals surface area contributed by atoms with Crippen molar-refractivity contribution in [3.63, 3.8) is 0 Å². The molecule has 0 rings (SSSR count). The molecule has 0 saturated heterocycles. The summed E-state index contributed by atoms with van der Waals surface area (Å²) in [5.41, 5.74) is 0. The number of hydrogen-bond donors (Lipinski definition) is 1. The summed E-state index contributed by atoms with van der Waals surface area (Å²) in [6.45, 7) is 1.98. The molecule has 0 spiro atoms. The van der Waals surface area contributed by atoms with Gasteiger partial charge >= 0.3 is 0 Å². The first-order valence-electron chi connectivity index (χ1n) is 1.99. The lowest BCUT2D eigenvalue weighted by Crippen LogP contribution is -1.95. The van der Waals surface area contributed by atoms with Gasteiger partial charge in [-0.2, -0.15) is 0 Å². The van der Waals surface area contributed by atoms with Gasteiger partial charge in [-0.3, -0.25) is 4.79 Å². The molecule has 2 nitrogen and oxygen atoms in total. The van der Waals surface area contributed by atoms with Crippen molar-refractivity contribution in [3.05, 3.63) is 0 Å². The Hall–Kier alpha value is -0.313. The highest BCUT2D eigenvalue weighted by atomic mass is 28.2. The van der Waals surface area contributed by atoms with Crippen molar-refractivity contribution in [2.45, 2.75) is 27.4 Å². The van der Waals surface area contributed by atoms with Crippen LogP contribution in [0, 0.1) is 0 Å². The molecule has 0 atom stereocenters. The summed E-state index contributed by atoms with van der Waals surface area (Å²) in [5, 5.41) is 7.95. The van der Waals surface area contributed by atoms with Crippen LogP contribution in [0.1, 0.15) is 14.9 Å². The van der Waals surface area contributed by atoms with Crippen LogP contribution in [0.2, 0.25) is 12.6 Å². The Bertz CT molecular complexity index is 54.4. The molecule has 0 aliphatic heterocycles. The third kappa shape index (κ3) is 17.3. The number of carbonyl (C=O) groups is 1. The minimum Gasteiger partial charge on any atom is -0.481 e. The fourth-order valence-corrected chi connectivity index (χ4v) is 0.642. The van der Waals surface area contributed by atoms with E-state index in [1.165, 1.54) is 0 Å². The molecular weight excluding hydrogens is 120 g/mol. The lowest BCUT2D eigenvalue weighted by Gasteiger charge is -1.78. The van der Waals surface area contributed by atoms with E-state index < -0.39 is 5.97 Å². The zero-order chi connectivity index (χ0) is 4.99. The second kappa shape index (κ2) is 9.84. The van der Waals surface area contributed by atoms with Gasteiger partial charge in [-0.1, -0.05) is 21.4 Å². The number of carboxylic acid groups (broad SMARTS) is 1. The Morgan fingerprint density at radius 2 is 2.00 bits per heavy atom. The maximum absolute atomic E-state index is 9.63. The quantitative estimate of drug-likeness (QED) is 0.575. The Balaban J connectivity index is -0.000000125. The van der Waals surface area contributed by atoms with Gasteiger partial charge in [0.15, 0.2) is 0 Å². The molecule has 0 saturated carbocycles. The van der Waals surface area contributed by atoms with Gasteiger partial charge in [0.2, 0.25) is 0 Å². The van der Waals surface area contributed by atoms with E-state index in [2.05, 4.69) is 0 Å². The molecule has 0 fully saturated rings. The summed E-state index contributed by atoms with van der Waals surface area (Å²) in [4.78, 5) is 9.63. The molecule has 0 heterocycles. The maximum Gasteiger partial charge on any atom is 0.300 e. The first-order valence-corrected chi connectivity index (χ1v) is 4.40. The van der Waals surface area contributed by atoms with E-state index in [0.29, 0.717) is 6.04 Å². The van der Waals surface area contributed by atoms with E-state index in [-0.39, 0.29) is 24.4 Å². The third-order valence-corrected chi connectivity index (χ3v) is 1.39. The normalized spacial score (nSPS) is 7.62. The van der Waals surface area contributed by atoms with Crippen molar-refractivity contribution in [1.82, 2.24) is 0 Å². The van der Waals surface area contributed by atoms with E-state index in [1.54, 1.807) is 0 Å². The molecule has 52 valence electrons. The molecule has 0 radical (unpaired) electrons. The summed E-state index contributed by atoms with van der Waals surface area (Å²) in [6, 6.07) is 0.431. The Morgan fingerprint density at radius 3 is 2.00 bits per heavy atom. The van der Waals surface area contributed by atoms with Gasteiger partial charge in [0.1, 0.15) is 0 Å². The second-order valence-corrected chi connectivity index (χ2v) is 2.64. The van der Waals surface area contributed by atoms with E-state index in [1.807, 2.05) is 6.55 Å². The summed E-state index contributed by atoms with van der Waals surface area (Å²) >= 11 is 0. The van der Waals surface area contributed by atoms with E-state index in [0.717, 1.165) is 0 Å². The van der Waals surface area contributed by atoms with Crippen LogP contribution in [0.25, 0.3) is 0 Å². The number of hydrogen-bond acceptors (Lipinski definition) is 1. The topological polar surface area (TPSA) is 37.3 Å². The van der Waals surface area contributed by atoms with Crippen molar-refractivity contribution < 1.29 is 9.90 Å². The van der Waals surface area contributed by atoms with Crippen molar-refractivity contribution in [3.8, 4) is 0 Å². The van der Waals surface area contributed by atoms with Crippen molar-refractivity contribution >= 4 is 15.5 Å². The second-order valence-electron chi connectivity index (χ2n) is 1.14. The number of rotatable bonds is 2. The molecule has 1 N–H and O–H groups in total. The Labute approximate surface area is 53.7 Å². The number of aliphatic carboxylic acids is 1. The summed E-state index contributed by atoms with van der Waals surface area (Å²) < 4.78 is 0. The predicted molar refractivity (Wildman–Crippen MR) is 40.3 cm³/mol. The SMILES string of the molecule is C.C.C[SiH2]CC(=O)O. The van der Waals surface area contributed by atoms with Crippen LogP contribution >= 0.6 is 0 Å². The molecular formula is C5H16O2Si. The van der Waals surface area contributed by atoms with Gasteiger partial charge in [-0.25, -0.2) is 0 Å². The Kier molecular flexibility index (Phi) is 19.3. The molecule has 8 heavy (non-hydrogen) atoms. The van der Waals surface area contributed by atoms with Crippen molar-refractivity contribution in [2.24, 2.45) is 0 Å². The standard InChI is InChI=1S/C3H8O2Si.2CH4/c1-6-2-3(4)5;;/h2,6H2,1H3,(H,4,5);2*1H4. The molecule has 0 aromatic rings. The molecule has 0 aromatic carbocycles. The zero-order valence-corrected chi connectivity index (χ0v) is 5.18. The lowest BCUT2D eigenvalue weighted by molar-refractivity contribution is -0.134. The minimum atomic E-state index is -0.649. The minimum absolute atomic E-state index is 0. The van der Waals surface area contributed by atoms with Gasteiger partial charge < -0.3 is 5.11 Å². The van der Waals surface area contributed by atoms with Gasteiger partial charge in [-0.15, -0.1) is 0 Å². The first-order chi connectivity index (χ1) is 2.77. The maximum atomic E-state index is 9.63. The van der Waals surface area contributed by atoms with E-state index >= 15 is 0 Å². The van der Waals surface area contributed by atoms with Crippen LogP contribution in [0.15, 0.2) is 0 Å². The fourth-order valence-electron chi connectivity index (χ4n) is 0.214. The Morgan fingerprint density at radius 1 is 1.62 bits per heavy atom. The third-order valence-electron chi connectivity index (χ3n) is 0.464. The summed E-state index contributed by atoms with van der Waals surface area (Å²) in [6.07, 6.45) is 0. The highest BCUT2D eigenvalue weighted by Crippen LogP contribution is 1.72. The van der Waals surface area contributed by atoms with Crippen LogP contribution in [0.3, 0.4) is 0 Å². The van der Waals surface area contributed by atoms with Crippen molar-refractivity contribution in [1.29, 1.82) is 0 Å². The molecule has 0 aliphatic rings. The summed E-state index contributed by atoms with van der Waals surface area (Å²) in [7, 11) is -0.233.